The maximum absolute atomic E-state index is 12.8. The van der Waals surface area contributed by atoms with E-state index in [2.05, 4.69) is 20.4 Å². The molecule has 0 atom stereocenters. The molecule has 2 N–H and O–H groups in total. The number of hydrogen-bond acceptors (Lipinski definition) is 7. The number of pyridine rings is 1. The average Bonchev–Trinajstić information content (AvgIpc) is 3.42. The minimum absolute atomic E-state index is 0.0104. The van der Waals surface area contributed by atoms with Gasteiger partial charge in [0.1, 0.15) is 23.0 Å². The maximum Gasteiger partial charge on any atom is 0.266 e. The van der Waals surface area contributed by atoms with E-state index in [1.54, 1.807) is 34.3 Å². The summed E-state index contributed by atoms with van der Waals surface area (Å²) in [5.74, 6) is -0.0104. The van der Waals surface area contributed by atoms with E-state index in [-0.39, 0.29) is 17.9 Å². The summed E-state index contributed by atoms with van der Waals surface area (Å²) >= 11 is 0. The molecule has 11 heteroatoms. The topological polar surface area (TPSA) is 146 Å². The van der Waals surface area contributed by atoms with Crippen molar-refractivity contribution in [3.63, 3.8) is 0 Å². The van der Waals surface area contributed by atoms with Crippen molar-refractivity contribution >= 4 is 5.91 Å². The Morgan fingerprint density at radius 3 is 2.68 bits per heavy atom. The lowest BCUT2D eigenvalue weighted by Gasteiger charge is -2.38. The van der Waals surface area contributed by atoms with Gasteiger partial charge in [0, 0.05) is 38.4 Å². The largest absolute Gasteiger partial charge is 0.388 e. The van der Waals surface area contributed by atoms with E-state index < -0.39 is 11.2 Å². The van der Waals surface area contributed by atoms with E-state index >= 15 is 0 Å². The van der Waals surface area contributed by atoms with Gasteiger partial charge in [-0.25, -0.2) is 4.68 Å². The van der Waals surface area contributed by atoms with Crippen LogP contribution in [0.2, 0.25) is 0 Å². The van der Waals surface area contributed by atoms with Crippen molar-refractivity contribution in [2.24, 2.45) is 7.05 Å². The highest BCUT2D eigenvalue weighted by molar-refractivity contribution is 5.76. The molecule has 0 spiro atoms. The van der Waals surface area contributed by atoms with Crippen molar-refractivity contribution in [2.75, 3.05) is 13.1 Å². The molecular weight excluding hydrogens is 436 g/mol. The molecule has 178 valence electrons. The van der Waals surface area contributed by atoms with Gasteiger partial charge in [0.25, 0.3) is 5.56 Å². The molecule has 0 radical (unpaired) electrons. The van der Waals surface area contributed by atoms with Gasteiger partial charge in [-0.05, 0) is 50.3 Å². The lowest BCUT2D eigenvalue weighted by molar-refractivity contribution is -0.135. The zero-order chi connectivity index (χ0) is 24.5. The highest BCUT2D eigenvalue weighted by Crippen LogP contribution is 2.25. The Bertz CT molecular complexity index is 1300. The molecule has 1 fully saturated rings. The molecule has 34 heavy (non-hydrogen) atoms. The number of aromatic nitrogens is 6. The van der Waals surface area contributed by atoms with Crippen LogP contribution >= 0.6 is 0 Å². The van der Waals surface area contributed by atoms with Crippen LogP contribution in [0.15, 0.2) is 23.3 Å². The van der Waals surface area contributed by atoms with Crippen LogP contribution in [-0.2, 0) is 24.8 Å². The average molecular weight is 465 g/mol. The molecule has 0 aliphatic carbocycles. The van der Waals surface area contributed by atoms with Gasteiger partial charge in [0.2, 0.25) is 5.91 Å². The predicted octanol–water partition coefficient (Wildman–Crippen LogP) is 0.842. The summed E-state index contributed by atoms with van der Waals surface area (Å²) in [6.07, 6.45) is 5.18. The van der Waals surface area contributed by atoms with Gasteiger partial charge < -0.3 is 15.0 Å². The Morgan fingerprint density at radius 1 is 1.29 bits per heavy atom. The van der Waals surface area contributed by atoms with Gasteiger partial charge >= 0.3 is 0 Å². The minimum atomic E-state index is -0.973. The summed E-state index contributed by atoms with van der Waals surface area (Å²) in [5, 5.41) is 32.9. The third-order valence-electron chi connectivity index (χ3n) is 6.53. The molecule has 3 aromatic rings. The monoisotopic (exact) mass is 464 g/mol. The molecule has 1 saturated heterocycles. The van der Waals surface area contributed by atoms with E-state index in [1.165, 1.54) is 0 Å². The quantitative estimate of drug-likeness (QED) is 0.550. The molecule has 0 bridgehead atoms. The zero-order valence-corrected chi connectivity index (χ0v) is 19.6. The van der Waals surface area contributed by atoms with Crippen LogP contribution in [0, 0.1) is 25.2 Å². The fourth-order valence-electron chi connectivity index (χ4n) is 4.49. The van der Waals surface area contributed by atoms with Crippen LogP contribution in [0.3, 0.4) is 0 Å². The Kier molecular flexibility index (Phi) is 6.34. The normalized spacial score (nSPS) is 15.3. The molecule has 1 amide bonds. The molecule has 1 aliphatic rings. The molecule has 4 heterocycles. The summed E-state index contributed by atoms with van der Waals surface area (Å²) in [5.41, 5.74) is 2.22. The van der Waals surface area contributed by atoms with Crippen molar-refractivity contribution in [1.82, 2.24) is 34.7 Å². The highest BCUT2D eigenvalue weighted by atomic mass is 16.3. The first-order valence-corrected chi connectivity index (χ1v) is 11.2. The second-order valence-corrected chi connectivity index (χ2v) is 8.95. The minimum Gasteiger partial charge on any atom is -0.388 e. The fraction of sp³-hybridized carbons (Fsp3) is 0.478. The molecule has 1 aliphatic heterocycles. The lowest BCUT2D eigenvalue weighted by Crippen LogP contribution is -2.48. The Hall–Kier alpha value is -3.78. The van der Waals surface area contributed by atoms with Crippen LogP contribution in [0.25, 0.3) is 11.4 Å². The smallest absolute Gasteiger partial charge is 0.266 e. The van der Waals surface area contributed by atoms with Gasteiger partial charge in [0.15, 0.2) is 0 Å². The zero-order valence-electron chi connectivity index (χ0n) is 19.6. The molecule has 11 nitrogen and oxygen atoms in total. The third-order valence-corrected chi connectivity index (χ3v) is 6.53. The summed E-state index contributed by atoms with van der Waals surface area (Å²) < 4.78 is 3.31. The first-order chi connectivity index (χ1) is 16.2. The number of carbonyl (C=O) groups is 1. The van der Waals surface area contributed by atoms with Crippen molar-refractivity contribution in [2.45, 2.75) is 51.7 Å². The third kappa shape index (κ3) is 4.77. The number of carbonyl (C=O) groups excluding carboxylic acids is 1. The Balaban J connectivity index is 1.33. The SMILES string of the molecule is Cc1[nH]c(=O)c(C#N)c(C)c1CCC(=O)N1CCC(O)(Cn2cc(-c3ccn(C)n3)nn2)CC1. The molecular formula is C23H28N8O3. The van der Waals surface area contributed by atoms with Crippen LogP contribution in [0.4, 0.5) is 0 Å². The fourth-order valence-corrected chi connectivity index (χ4v) is 4.49. The van der Waals surface area contributed by atoms with E-state index in [0.29, 0.717) is 55.8 Å². The molecule has 0 unspecified atom stereocenters. The van der Waals surface area contributed by atoms with Crippen LogP contribution < -0.4 is 5.56 Å². The van der Waals surface area contributed by atoms with Crippen LogP contribution in [-0.4, -0.2) is 64.4 Å². The predicted molar refractivity (Wildman–Crippen MR) is 123 cm³/mol. The maximum atomic E-state index is 12.8. The van der Waals surface area contributed by atoms with Gasteiger partial charge in [-0.3, -0.25) is 14.3 Å². The number of likely N-dealkylation sites (tertiary alicyclic amines) is 1. The van der Waals surface area contributed by atoms with Crippen molar-refractivity contribution in [1.29, 1.82) is 5.26 Å². The molecule has 0 saturated carbocycles. The van der Waals surface area contributed by atoms with E-state index in [4.69, 9.17) is 0 Å². The molecule has 0 aromatic carbocycles. The Morgan fingerprint density at radius 2 is 2.03 bits per heavy atom. The van der Waals surface area contributed by atoms with Crippen molar-refractivity contribution < 1.29 is 9.90 Å². The second-order valence-electron chi connectivity index (χ2n) is 8.95. The van der Waals surface area contributed by atoms with E-state index in [0.717, 1.165) is 11.3 Å². The van der Waals surface area contributed by atoms with Gasteiger partial charge in [-0.2, -0.15) is 10.4 Å². The number of hydrogen-bond donors (Lipinski definition) is 2. The van der Waals surface area contributed by atoms with Gasteiger partial charge in [-0.15, -0.1) is 5.10 Å². The first-order valence-electron chi connectivity index (χ1n) is 11.2. The van der Waals surface area contributed by atoms with E-state index in [1.807, 2.05) is 25.4 Å². The van der Waals surface area contributed by atoms with Crippen LogP contribution in [0.5, 0.6) is 0 Å². The second kappa shape index (κ2) is 9.23. The highest BCUT2D eigenvalue weighted by Gasteiger charge is 2.34. The lowest BCUT2D eigenvalue weighted by atomic mass is 9.91. The number of H-pyrrole nitrogens is 1. The summed E-state index contributed by atoms with van der Waals surface area (Å²) in [6.45, 7) is 4.71. The number of piperidine rings is 1. The summed E-state index contributed by atoms with van der Waals surface area (Å²) in [6, 6.07) is 3.79. The number of nitrogens with zero attached hydrogens (tertiary/aromatic N) is 7. The standard InChI is InChI=1S/C23H28N8O3/c1-15-17(16(2)25-22(33)18(15)12-24)4-5-21(32)30-10-7-23(34,8-11-30)14-31-13-20(26-28-31)19-6-9-29(3)27-19/h6,9,13,34H,4-5,7-8,10-11,14H2,1-3H3,(H,25,33). The number of aryl methyl sites for hydroxylation is 2. The number of aromatic amines is 1. The molecule has 4 rings (SSSR count). The van der Waals surface area contributed by atoms with Gasteiger partial charge in [-0.1, -0.05) is 5.21 Å². The first kappa shape index (κ1) is 23.4. The number of aliphatic hydroxyl groups is 1. The number of nitrogens with one attached hydrogen (secondary N) is 1. The van der Waals surface area contributed by atoms with Gasteiger partial charge in [0.05, 0.1) is 18.3 Å². The van der Waals surface area contributed by atoms with Crippen molar-refractivity contribution in [3.05, 3.63) is 51.2 Å². The summed E-state index contributed by atoms with van der Waals surface area (Å²) in [4.78, 5) is 29.2. The number of amides is 1. The number of nitriles is 1. The van der Waals surface area contributed by atoms with Crippen LogP contribution in [0.1, 0.15) is 41.6 Å². The summed E-state index contributed by atoms with van der Waals surface area (Å²) in [7, 11) is 1.83. The van der Waals surface area contributed by atoms with E-state index in [9.17, 15) is 20.0 Å². The molecule has 3 aromatic heterocycles. The Labute approximate surface area is 196 Å². The van der Waals surface area contributed by atoms with Crippen molar-refractivity contribution in [3.8, 4) is 17.5 Å². The number of rotatable bonds is 6.